The number of anilines is 3. The summed E-state index contributed by atoms with van der Waals surface area (Å²) in [5.74, 6) is 1.05. The zero-order valence-corrected chi connectivity index (χ0v) is 21.5. The van der Waals surface area contributed by atoms with Crippen LogP contribution in [0.4, 0.5) is 16.6 Å². The number of nitrogen functional groups attached to an aromatic ring is 1. The molecule has 0 radical (unpaired) electrons. The molecule has 3 aromatic heterocycles. The molecule has 4 rings (SSSR count). The fourth-order valence-corrected chi connectivity index (χ4v) is 5.40. The fourth-order valence-electron chi connectivity index (χ4n) is 3.09. The van der Waals surface area contributed by atoms with Crippen LogP contribution in [0.2, 0.25) is 0 Å². The van der Waals surface area contributed by atoms with Gasteiger partial charge in [-0.25, -0.2) is 13.4 Å². The van der Waals surface area contributed by atoms with Gasteiger partial charge < -0.3 is 20.1 Å². The predicted molar refractivity (Wildman–Crippen MR) is 137 cm³/mol. The van der Waals surface area contributed by atoms with E-state index in [-0.39, 0.29) is 22.4 Å². The first-order chi connectivity index (χ1) is 17.2. The van der Waals surface area contributed by atoms with E-state index in [1.165, 1.54) is 53.4 Å². The Morgan fingerprint density at radius 3 is 2.72 bits per heavy atom. The average molecular weight is 547 g/mol. The zero-order chi connectivity index (χ0) is 25.7. The third-order valence-corrected chi connectivity index (χ3v) is 7.72. The summed E-state index contributed by atoms with van der Waals surface area (Å²) in [6, 6.07) is 7.25. The minimum atomic E-state index is -3.85. The predicted octanol–water partition coefficient (Wildman–Crippen LogP) is 2.92. The first-order valence-corrected chi connectivity index (χ1v) is 13.8. The number of nitrogens with one attached hydrogen (secondary N) is 2. The van der Waals surface area contributed by atoms with Gasteiger partial charge in [0.2, 0.25) is 5.91 Å². The quantitative estimate of drug-likeness (QED) is 0.188. The molecule has 188 valence electrons. The van der Waals surface area contributed by atoms with Crippen molar-refractivity contribution in [3.05, 3.63) is 65.6 Å². The number of nitrogens with zero attached hydrogens (tertiary/aromatic N) is 5. The van der Waals surface area contributed by atoms with Crippen LogP contribution in [0, 0.1) is 6.92 Å². The number of hydrogen-bond donors (Lipinski definition) is 3. The van der Waals surface area contributed by atoms with Crippen LogP contribution < -0.4 is 15.8 Å². The maximum absolute atomic E-state index is 12.5. The number of carbonyl (C=O) groups excluding carboxylic acids is 1. The van der Waals surface area contributed by atoms with Crippen molar-refractivity contribution in [2.24, 2.45) is 0 Å². The first-order valence-electron chi connectivity index (χ1n) is 10.4. The van der Waals surface area contributed by atoms with Gasteiger partial charge in [-0.05, 0) is 31.2 Å². The molecule has 1 amide bonds. The number of sulfonamides is 1. The van der Waals surface area contributed by atoms with Gasteiger partial charge in [0.15, 0.2) is 16.1 Å². The summed E-state index contributed by atoms with van der Waals surface area (Å²) in [6.07, 6.45) is 2.18. The SMILES string of the molecule is C=CCn1c(Cc2csc(N)n2)nnc1SCC(=O)Nc1ccc(S(=O)(=O)Nc2cc(C)on2)cc1. The Balaban J connectivity index is 1.35. The Kier molecular flexibility index (Phi) is 7.71. The minimum absolute atomic E-state index is 0.0162. The largest absolute Gasteiger partial charge is 0.375 e. The minimum Gasteiger partial charge on any atom is -0.375 e. The average Bonchev–Trinajstić information content (AvgIpc) is 3.54. The number of amides is 1. The molecule has 0 aliphatic rings. The van der Waals surface area contributed by atoms with Crippen LogP contribution in [0.1, 0.15) is 17.3 Å². The normalized spacial score (nSPS) is 11.4. The van der Waals surface area contributed by atoms with Gasteiger partial charge in [-0.3, -0.25) is 9.52 Å². The van der Waals surface area contributed by atoms with Crippen molar-refractivity contribution in [1.82, 2.24) is 24.9 Å². The van der Waals surface area contributed by atoms with Crippen molar-refractivity contribution in [2.75, 3.05) is 21.5 Å². The number of carbonyl (C=O) groups is 1. The van der Waals surface area contributed by atoms with Crippen molar-refractivity contribution in [3.63, 3.8) is 0 Å². The molecule has 0 bridgehead atoms. The standard InChI is InChI=1S/C21H22N8O4S3/c1-3-8-29-18(10-15-11-34-20(22)24-15)25-26-21(29)35-12-19(30)23-14-4-6-16(7-5-14)36(31,32)28-17-9-13(2)33-27-17/h3-7,9,11H,1,8,10,12H2,2H3,(H2,22,24)(H,23,30)(H,27,28). The number of allylic oxidation sites excluding steroid dienone is 1. The van der Waals surface area contributed by atoms with Crippen molar-refractivity contribution >= 4 is 55.7 Å². The maximum atomic E-state index is 12.5. The highest BCUT2D eigenvalue weighted by molar-refractivity contribution is 7.99. The van der Waals surface area contributed by atoms with E-state index in [0.717, 1.165) is 5.69 Å². The highest BCUT2D eigenvalue weighted by Gasteiger charge is 2.17. The third-order valence-electron chi connectivity index (χ3n) is 4.66. The lowest BCUT2D eigenvalue weighted by Gasteiger charge is -2.09. The van der Waals surface area contributed by atoms with E-state index in [2.05, 4.69) is 37.0 Å². The number of benzene rings is 1. The monoisotopic (exact) mass is 546 g/mol. The molecule has 12 nitrogen and oxygen atoms in total. The lowest BCUT2D eigenvalue weighted by atomic mass is 10.3. The van der Waals surface area contributed by atoms with E-state index in [9.17, 15) is 13.2 Å². The molecule has 4 N–H and O–H groups in total. The van der Waals surface area contributed by atoms with E-state index in [1.54, 1.807) is 13.0 Å². The lowest BCUT2D eigenvalue weighted by molar-refractivity contribution is -0.113. The summed E-state index contributed by atoms with van der Waals surface area (Å²) in [7, 11) is -3.85. The van der Waals surface area contributed by atoms with Crippen LogP contribution in [0.15, 0.2) is 62.9 Å². The van der Waals surface area contributed by atoms with Gasteiger partial charge in [-0.2, -0.15) is 0 Å². The molecule has 36 heavy (non-hydrogen) atoms. The Bertz CT molecular complexity index is 1470. The van der Waals surface area contributed by atoms with Crippen LogP contribution in [0.25, 0.3) is 0 Å². The van der Waals surface area contributed by atoms with Gasteiger partial charge in [0.25, 0.3) is 10.0 Å². The summed E-state index contributed by atoms with van der Waals surface area (Å²) >= 11 is 2.58. The second-order valence-electron chi connectivity index (χ2n) is 7.44. The van der Waals surface area contributed by atoms with E-state index in [1.807, 2.05) is 9.95 Å². The number of nitrogens with two attached hydrogens (primary N) is 1. The molecule has 1 aromatic carbocycles. The van der Waals surface area contributed by atoms with Crippen LogP contribution in [0.5, 0.6) is 0 Å². The fraction of sp³-hybridized carbons (Fsp3) is 0.190. The van der Waals surface area contributed by atoms with Crippen LogP contribution in [-0.2, 0) is 27.8 Å². The first kappa shape index (κ1) is 25.4. The summed E-state index contributed by atoms with van der Waals surface area (Å²) < 4.78 is 34.0. The van der Waals surface area contributed by atoms with Crippen molar-refractivity contribution < 1.29 is 17.7 Å². The van der Waals surface area contributed by atoms with Gasteiger partial charge in [0, 0.05) is 23.7 Å². The molecule has 0 unspecified atom stereocenters. The molecular weight excluding hydrogens is 524 g/mol. The molecule has 0 saturated heterocycles. The number of thiazole rings is 1. The van der Waals surface area contributed by atoms with Crippen molar-refractivity contribution in [2.45, 2.75) is 29.9 Å². The lowest BCUT2D eigenvalue weighted by Crippen LogP contribution is -2.16. The summed E-state index contributed by atoms with van der Waals surface area (Å²) in [5.41, 5.74) is 6.94. The van der Waals surface area contributed by atoms with E-state index < -0.39 is 10.0 Å². The van der Waals surface area contributed by atoms with Gasteiger partial charge in [-0.1, -0.05) is 23.0 Å². The van der Waals surface area contributed by atoms with E-state index in [4.69, 9.17) is 10.3 Å². The van der Waals surface area contributed by atoms with Crippen molar-refractivity contribution in [1.29, 1.82) is 0 Å². The highest BCUT2D eigenvalue weighted by atomic mass is 32.2. The van der Waals surface area contributed by atoms with E-state index in [0.29, 0.717) is 40.5 Å². The second-order valence-corrected chi connectivity index (χ2v) is 11.0. The Morgan fingerprint density at radius 2 is 2.08 bits per heavy atom. The summed E-state index contributed by atoms with van der Waals surface area (Å²) in [4.78, 5) is 16.8. The zero-order valence-electron chi connectivity index (χ0n) is 19.0. The number of hydrogen-bond acceptors (Lipinski definition) is 11. The van der Waals surface area contributed by atoms with Crippen molar-refractivity contribution in [3.8, 4) is 0 Å². The molecule has 4 aromatic rings. The van der Waals surface area contributed by atoms with Gasteiger partial charge >= 0.3 is 0 Å². The Hall–Kier alpha value is -3.69. The number of aryl methyl sites for hydroxylation is 1. The number of thioether (sulfide) groups is 1. The molecule has 0 fully saturated rings. The van der Waals surface area contributed by atoms with Gasteiger partial charge in [0.1, 0.15) is 11.6 Å². The Morgan fingerprint density at radius 1 is 1.31 bits per heavy atom. The van der Waals surface area contributed by atoms with Crippen LogP contribution >= 0.6 is 23.1 Å². The molecular formula is C21H22N8O4S3. The topological polar surface area (TPSA) is 171 Å². The second kappa shape index (κ2) is 10.9. The highest BCUT2D eigenvalue weighted by Crippen LogP contribution is 2.22. The number of aromatic nitrogens is 5. The van der Waals surface area contributed by atoms with E-state index >= 15 is 0 Å². The molecule has 0 saturated carbocycles. The number of rotatable bonds is 11. The molecule has 0 spiro atoms. The van der Waals surface area contributed by atoms with Crippen LogP contribution in [0.3, 0.4) is 0 Å². The maximum Gasteiger partial charge on any atom is 0.263 e. The van der Waals surface area contributed by atoms with Crippen LogP contribution in [-0.4, -0.2) is 45.0 Å². The molecule has 3 heterocycles. The Labute approximate surface area is 215 Å². The molecule has 15 heteroatoms. The third kappa shape index (κ3) is 6.30. The smallest absolute Gasteiger partial charge is 0.263 e. The summed E-state index contributed by atoms with van der Waals surface area (Å²) in [5, 5.41) is 17.7. The van der Waals surface area contributed by atoms with Gasteiger partial charge in [-0.15, -0.1) is 28.1 Å². The molecule has 0 atom stereocenters. The molecule has 0 aliphatic carbocycles. The van der Waals surface area contributed by atoms with Gasteiger partial charge in [0.05, 0.1) is 22.8 Å². The summed E-state index contributed by atoms with van der Waals surface area (Å²) in [6.45, 7) is 5.91. The molecule has 0 aliphatic heterocycles.